The number of anilines is 2. The van der Waals surface area contributed by atoms with Crippen LogP contribution in [0.5, 0.6) is 0 Å². The molecule has 1 atom stereocenters. The van der Waals surface area contributed by atoms with Gasteiger partial charge in [0.15, 0.2) is 10.7 Å². The molecule has 0 spiro atoms. The molecule has 6 nitrogen and oxygen atoms in total. The van der Waals surface area contributed by atoms with E-state index < -0.39 is 23.0 Å². The minimum absolute atomic E-state index is 0.00643. The Morgan fingerprint density at radius 1 is 1.12 bits per heavy atom. The molecule has 3 N–H and O–H groups in total. The van der Waals surface area contributed by atoms with Crippen molar-refractivity contribution >= 4 is 45.5 Å². The first-order chi connectivity index (χ1) is 15.9. The molecule has 33 heavy (non-hydrogen) atoms. The third-order valence-electron chi connectivity index (χ3n) is 5.93. The smallest absolute Gasteiger partial charge is 0.198 e. The summed E-state index contributed by atoms with van der Waals surface area (Å²) >= 11 is 4.10. The predicted octanol–water partition coefficient (Wildman–Crippen LogP) is 5.86. The van der Waals surface area contributed by atoms with Crippen molar-refractivity contribution in [2.75, 3.05) is 10.5 Å². The van der Waals surface area contributed by atoms with Crippen LogP contribution in [0.1, 0.15) is 31.7 Å². The molecule has 1 aliphatic rings. The minimum Gasteiger partial charge on any atom is -0.588 e. The molecule has 1 aliphatic carbocycles. The molecule has 170 valence electrons. The van der Waals surface area contributed by atoms with Crippen molar-refractivity contribution in [2.45, 2.75) is 36.6 Å². The quantitative estimate of drug-likeness (QED) is 0.344. The number of halogens is 3. The van der Waals surface area contributed by atoms with E-state index in [0.717, 1.165) is 49.0 Å². The summed E-state index contributed by atoms with van der Waals surface area (Å²) in [6.07, 6.45) is 7.83. The van der Waals surface area contributed by atoms with Crippen LogP contribution in [-0.2, 0) is 11.4 Å². The number of nitrogen functional groups attached to an aromatic ring is 1. The van der Waals surface area contributed by atoms with E-state index in [1.54, 1.807) is 6.07 Å². The lowest BCUT2D eigenvalue weighted by molar-refractivity contribution is 0.532. The Hall–Kier alpha value is -2.88. The van der Waals surface area contributed by atoms with Crippen molar-refractivity contribution in [1.82, 2.24) is 14.5 Å². The Bertz CT molecular complexity index is 1340. The highest BCUT2D eigenvalue weighted by Crippen LogP contribution is 2.39. The normalized spacial score (nSPS) is 15.3. The zero-order valence-electron chi connectivity index (χ0n) is 17.4. The molecular weight excluding hydrogens is 468 g/mol. The second-order valence-corrected chi connectivity index (χ2v) is 9.57. The Kier molecular flexibility index (Phi) is 5.86. The fourth-order valence-electron chi connectivity index (χ4n) is 4.33. The number of fused-ring (bicyclic) bond motifs is 1. The monoisotopic (exact) mass is 487 g/mol. The highest BCUT2D eigenvalue weighted by atomic mass is 35.5. The number of aromatic nitrogens is 3. The van der Waals surface area contributed by atoms with Crippen LogP contribution in [0.15, 0.2) is 53.8 Å². The van der Waals surface area contributed by atoms with Gasteiger partial charge in [-0.05, 0) is 42.7 Å². The van der Waals surface area contributed by atoms with Gasteiger partial charge < -0.3 is 14.9 Å². The molecule has 2 aromatic carbocycles. The molecule has 0 bridgehead atoms. The zero-order valence-corrected chi connectivity index (χ0v) is 19.0. The van der Waals surface area contributed by atoms with Crippen LogP contribution in [0.4, 0.5) is 20.3 Å². The summed E-state index contributed by atoms with van der Waals surface area (Å²) in [5.41, 5.74) is 8.29. The number of rotatable bonds is 5. The fourth-order valence-corrected chi connectivity index (χ4v) is 5.61. The number of hydrogen-bond donors (Lipinski definition) is 2. The van der Waals surface area contributed by atoms with Crippen molar-refractivity contribution < 1.29 is 13.3 Å². The van der Waals surface area contributed by atoms with Gasteiger partial charge in [0.25, 0.3) is 0 Å². The maximum Gasteiger partial charge on any atom is 0.198 e. The van der Waals surface area contributed by atoms with Crippen molar-refractivity contribution in [3.63, 3.8) is 0 Å². The van der Waals surface area contributed by atoms with Gasteiger partial charge in [-0.25, -0.2) is 23.5 Å². The van der Waals surface area contributed by atoms with Crippen LogP contribution >= 0.6 is 11.6 Å². The number of nitrogens with one attached hydrogen (secondary N) is 1. The van der Waals surface area contributed by atoms with E-state index in [4.69, 9.17) is 17.3 Å². The topological polar surface area (TPSA) is 91.8 Å². The van der Waals surface area contributed by atoms with Gasteiger partial charge in [-0.2, -0.15) is 0 Å². The van der Waals surface area contributed by atoms with Crippen LogP contribution < -0.4 is 10.5 Å². The van der Waals surface area contributed by atoms with E-state index in [1.807, 2.05) is 6.20 Å². The van der Waals surface area contributed by atoms with Gasteiger partial charge in [-0.3, -0.25) is 0 Å². The second-order valence-electron chi connectivity index (χ2n) is 7.99. The van der Waals surface area contributed by atoms with E-state index in [1.165, 1.54) is 24.5 Å². The van der Waals surface area contributed by atoms with Crippen LogP contribution in [0.2, 0.25) is 5.02 Å². The number of hydrogen-bond acceptors (Lipinski definition) is 5. The van der Waals surface area contributed by atoms with Crippen LogP contribution in [0.25, 0.3) is 22.2 Å². The minimum atomic E-state index is -1.87. The first-order valence-corrected chi connectivity index (χ1v) is 12.0. The van der Waals surface area contributed by atoms with E-state index in [2.05, 4.69) is 19.3 Å². The Balaban J connectivity index is 1.49. The molecule has 10 heteroatoms. The third kappa shape index (κ3) is 4.12. The van der Waals surface area contributed by atoms with Gasteiger partial charge in [0.05, 0.1) is 5.39 Å². The summed E-state index contributed by atoms with van der Waals surface area (Å²) in [4.78, 5) is 8.73. The lowest BCUT2D eigenvalue weighted by Crippen LogP contribution is -2.14. The number of nitrogens with two attached hydrogens (primary N) is 1. The SMILES string of the molecule is Nc1ncnc2c1c(-c1ccc(N[S+]([O-])c3ccc(F)cc3Cl)c(F)c1)cn2C1CCCC1. The van der Waals surface area contributed by atoms with Gasteiger partial charge in [0.2, 0.25) is 0 Å². The summed E-state index contributed by atoms with van der Waals surface area (Å²) < 4.78 is 45.6. The fraction of sp³-hybridized carbons (Fsp3) is 0.217. The first kappa shape index (κ1) is 21.9. The highest BCUT2D eigenvalue weighted by Gasteiger charge is 2.24. The molecule has 1 saturated carbocycles. The average molecular weight is 488 g/mol. The molecule has 4 aromatic rings. The predicted molar refractivity (Wildman–Crippen MR) is 126 cm³/mol. The summed E-state index contributed by atoms with van der Waals surface area (Å²) in [6.45, 7) is 0. The lowest BCUT2D eigenvalue weighted by Gasteiger charge is -2.14. The molecule has 1 fully saturated rings. The van der Waals surface area contributed by atoms with Crippen molar-refractivity contribution in [3.05, 3.63) is 65.6 Å². The van der Waals surface area contributed by atoms with Gasteiger partial charge in [0.1, 0.15) is 45.7 Å². The maximum absolute atomic E-state index is 15.0. The van der Waals surface area contributed by atoms with Gasteiger partial charge in [-0.1, -0.05) is 30.5 Å². The molecule has 0 amide bonds. The van der Waals surface area contributed by atoms with Gasteiger partial charge >= 0.3 is 0 Å². The number of benzene rings is 2. The van der Waals surface area contributed by atoms with Gasteiger partial charge in [-0.15, -0.1) is 0 Å². The van der Waals surface area contributed by atoms with Crippen LogP contribution in [0, 0.1) is 11.6 Å². The summed E-state index contributed by atoms with van der Waals surface area (Å²) in [7, 11) is 0. The van der Waals surface area contributed by atoms with E-state index in [9.17, 15) is 8.94 Å². The highest BCUT2D eigenvalue weighted by molar-refractivity contribution is 7.92. The van der Waals surface area contributed by atoms with E-state index in [-0.39, 0.29) is 15.6 Å². The van der Waals surface area contributed by atoms with Crippen LogP contribution in [-0.4, -0.2) is 19.1 Å². The summed E-state index contributed by atoms with van der Waals surface area (Å²) in [5, 5.41) is 0.680. The maximum atomic E-state index is 15.0. The largest absolute Gasteiger partial charge is 0.588 e. The molecular formula is C23H20ClF2N5OS. The zero-order chi connectivity index (χ0) is 23.1. The average Bonchev–Trinajstić information content (AvgIpc) is 3.43. The molecule has 5 rings (SSSR count). The van der Waals surface area contributed by atoms with Crippen molar-refractivity contribution in [3.8, 4) is 11.1 Å². The summed E-state index contributed by atoms with van der Waals surface area (Å²) in [5.74, 6) is -0.811. The molecule has 2 aromatic heterocycles. The second kappa shape index (κ2) is 8.81. The third-order valence-corrected chi connectivity index (χ3v) is 7.52. The van der Waals surface area contributed by atoms with Crippen molar-refractivity contribution in [1.29, 1.82) is 0 Å². The Morgan fingerprint density at radius 2 is 1.91 bits per heavy atom. The number of nitrogens with zero attached hydrogens (tertiary/aromatic N) is 3. The Labute approximate surface area is 197 Å². The van der Waals surface area contributed by atoms with Crippen LogP contribution in [0.3, 0.4) is 0 Å². The van der Waals surface area contributed by atoms with E-state index >= 15 is 4.39 Å². The van der Waals surface area contributed by atoms with Crippen molar-refractivity contribution in [2.24, 2.45) is 0 Å². The lowest BCUT2D eigenvalue weighted by atomic mass is 10.1. The molecule has 0 radical (unpaired) electrons. The van der Waals surface area contributed by atoms with E-state index in [0.29, 0.717) is 22.8 Å². The Morgan fingerprint density at radius 3 is 2.64 bits per heavy atom. The van der Waals surface area contributed by atoms with Gasteiger partial charge in [0, 0.05) is 23.9 Å². The first-order valence-electron chi connectivity index (χ1n) is 10.5. The molecule has 1 unspecified atom stereocenters. The summed E-state index contributed by atoms with van der Waals surface area (Å²) in [6, 6.07) is 8.40. The molecule has 2 heterocycles. The standard InChI is InChI=1S/C23H20ClF2N5OS/c24-17-10-14(25)6-8-20(17)33(32)30-19-7-5-13(9-18(19)26)16-11-31(15-3-1-2-4-15)23-21(16)22(27)28-12-29-23/h5-12,15,30H,1-4H2,(H2,27,28,29). The molecule has 0 saturated heterocycles. The molecule has 0 aliphatic heterocycles.